The molecule has 0 bridgehead atoms. The predicted molar refractivity (Wildman–Crippen MR) is 54.6 cm³/mol. The predicted octanol–water partition coefficient (Wildman–Crippen LogP) is -0.702. The second-order valence-corrected chi connectivity index (χ2v) is 2.73. The van der Waals surface area contributed by atoms with E-state index in [4.69, 9.17) is 0 Å². The van der Waals surface area contributed by atoms with Crippen LogP contribution in [0, 0.1) is 0 Å². The summed E-state index contributed by atoms with van der Waals surface area (Å²) in [5.74, 6) is -0.750. The van der Waals surface area contributed by atoms with Crippen LogP contribution >= 0.6 is 0 Å². The number of ketones is 2. The Morgan fingerprint density at radius 3 is 1.00 bits per heavy atom. The second-order valence-electron chi connectivity index (χ2n) is 2.73. The molecule has 0 unspecified atom stereocenters. The van der Waals surface area contributed by atoms with Gasteiger partial charge in [-0.15, -0.1) is 11.5 Å². The summed E-state index contributed by atoms with van der Waals surface area (Å²) in [6, 6.07) is 0. The van der Waals surface area contributed by atoms with E-state index in [1.807, 2.05) is 0 Å². The Labute approximate surface area is 107 Å². The molecule has 0 spiro atoms. The molecule has 0 saturated heterocycles. The van der Waals surface area contributed by atoms with E-state index < -0.39 is 0 Å². The van der Waals surface area contributed by atoms with Crippen molar-refractivity contribution in [2.24, 2.45) is 0 Å². The van der Waals surface area contributed by atoms with Gasteiger partial charge in [-0.1, -0.05) is 13.8 Å². The molecule has 0 fully saturated rings. The minimum atomic E-state index is -0.187. The molecule has 0 aromatic rings. The Bertz CT molecular complexity index is 231. The van der Waals surface area contributed by atoms with Crippen LogP contribution in [0.25, 0.3) is 0 Å². The van der Waals surface area contributed by atoms with Gasteiger partial charge in [-0.25, -0.2) is 0 Å². The summed E-state index contributed by atoms with van der Waals surface area (Å²) < 4.78 is 0. The molecule has 0 aromatic heterocycles. The van der Waals surface area contributed by atoms with Crippen molar-refractivity contribution in [3.8, 4) is 0 Å². The molecule has 0 saturated carbocycles. The minimum Gasteiger partial charge on any atom is -0.876 e. The normalized spacial score (nSPS) is 10.7. The summed E-state index contributed by atoms with van der Waals surface area (Å²) in [4.78, 5) is 20.0. The van der Waals surface area contributed by atoms with Gasteiger partial charge in [0.15, 0.2) is 11.6 Å². The topological polar surface area (TPSA) is 80.3 Å². The van der Waals surface area contributed by atoms with Crippen molar-refractivity contribution in [1.82, 2.24) is 0 Å². The third kappa shape index (κ3) is 31.9. The molecule has 82 valence electrons. The summed E-state index contributed by atoms with van der Waals surface area (Å²) in [7, 11) is 0. The van der Waals surface area contributed by atoms with E-state index in [0.717, 1.165) is 12.2 Å². The Kier molecular flexibility index (Phi) is 14.9. The largest absolute Gasteiger partial charge is 2.00 e. The molecule has 0 aliphatic rings. The summed E-state index contributed by atoms with van der Waals surface area (Å²) in [5.41, 5.74) is 0. The molecule has 2 radical (unpaired) electrons. The van der Waals surface area contributed by atoms with E-state index in [-0.39, 0.29) is 47.0 Å². The van der Waals surface area contributed by atoms with E-state index in [9.17, 15) is 19.8 Å². The summed E-state index contributed by atoms with van der Waals surface area (Å²) in [5, 5.41) is 20.0. The van der Waals surface area contributed by atoms with Crippen molar-refractivity contribution in [3.05, 3.63) is 23.7 Å². The quantitative estimate of drug-likeness (QED) is 0.383. The minimum absolute atomic E-state index is 0. The molecular formula is C10H14O4Sn. The molecule has 0 amide bonds. The first-order valence-corrected chi connectivity index (χ1v) is 3.97. The number of rotatable bonds is 2. The van der Waals surface area contributed by atoms with Gasteiger partial charge >= 0.3 is 23.9 Å². The van der Waals surface area contributed by atoms with Crippen molar-refractivity contribution in [2.45, 2.75) is 27.7 Å². The molecular weight excluding hydrogens is 303 g/mol. The van der Waals surface area contributed by atoms with E-state index in [1.165, 1.54) is 27.7 Å². The molecule has 0 aromatic carbocycles. The Hall–Kier alpha value is -0.781. The SMILES string of the molecule is CC(=O)C=C(C)[O-].CC(=O)C=C(C)[O-].[Sn+2]. The number of carbonyl (C=O) groups is 2. The van der Waals surface area contributed by atoms with Crippen LogP contribution in [-0.4, -0.2) is 35.5 Å². The molecule has 0 aliphatic carbocycles. The van der Waals surface area contributed by atoms with E-state index in [2.05, 4.69) is 0 Å². The Morgan fingerprint density at radius 1 is 0.800 bits per heavy atom. The first-order chi connectivity index (χ1) is 6.25. The van der Waals surface area contributed by atoms with Crippen LogP contribution in [0.5, 0.6) is 0 Å². The van der Waals surface area contributed by atoms with Crippen molar-refractivity contribution < 1.29 is 19.8 Å². The zero-order valence-electron chi connectivity index (χ0n) is 9.29. The van der Waals surface area contributed by atoms with Crippen LogP contribution in [-0.2, 0) is 9.59 Å². The van der Waals surface area contributed by atoms with Crippen LogP contribution in [0.4, 0.5) is 0 Å². The standard InChI is InChI=1S/2C5H8O2.Sn/c2*1-4(6)3-5(2)7;/h2*3,6H,1-2H3;/q;;+2/p-2. The van der Waals surface area contributed by atoms with Gasteiger partial charge in [0.05, 0.1) is 0 Å². The van der Waals surface area contributed by atoms with Crippen LogP contribution in [0.2, 0.25) is 0 Å². The number of allylic oxidation sites excluding steroid dienone is 4. The third-order valence-corrected chi connectivity index (χ3v) is 0.813. The maximum atomic E-state index is 9.98. The van der Waals surface area contributed by atoms with Crippen molar-refractivity contribution >= 4 is 35.5 Å². The van der Waals surface area contributed by atoms with Crippen LogP contribution in [0.3, 0.4) is 0 Å². The maximum Gasteiger partial charge on any atom is 2.00 e. The molecule has 15 heavy (non-hydrogen) atoms. The summed E-state index contributed by atoms with van der Waals surface area (Å²) in [6.45, 7) is 5.39. The molecule has 0 atom stereocenters. The zero-order chi connectivity index (χ0) is 11.7. The first kappa shape index (κ1) is 19.7. The second kappa shape index (κ2) is 11.3. The summed E-state index contributed by atoms with van der Waals surface area (Å²) in [6.07, 6.45) is 2.11. The molecule has 5 heteroatoms. The number of hydrogen-bond acceptors (Lipinski definition) is 4. The van der Waals surface area contributed by atoms with Crippen molar-refractivity contribution in [3.63, 3.8) is 0 Å². The number of carbonyl (C=O) groups excluding carboxylic acids is 2. The van der Waals surface area contributed by atoms with Gasteiger partial charge in [0.1, 0.15) is 0 Å². The Balaban J connectivity index is -0.000000180. The molecule has 0 rings (SSSR count). The Morgan fingerprint density at radius 2 is 1.00 bits per heavy atom. The van der Waals surface area contributed by atoms with Crippen molar-refractivity contribution in [1.29, 1.82) is 0 Å². The third-order valence-electron chi connectivity index (χ3n) is 0.813. The zero-order valence-corrected chi connectivity index (χ0v) is 12.1. The molecule has 4 nitrogen and oxygen atoms in total. The average Bonchev–Trinajstić information content (AvgIpc) is 1.79. The molecule has 0 N–H and O–H groups in total. The van der Waals surface area contributed by atoms with E-state index in [1.54, 1.807) is 0 Å². The molecule has 0 heterocycles. The van der Waals surface area contributed by atoms with Gasteiger partial charge in [0.2, 0.25) is 0 Å². The van der Waals surface area contributed by atoms with Gasteiger partial charge < -0.3 is 10.2 Å². The summed E-state index contributed by atoms with van der Waals surface area (Å²) >= 11 is 0. The van der Waals surface area contributed by atoms with E-state index >= 15 is 0 Å². The van der Waals surface area contributed by atoms with Gasteiger partial charge in [-0.05, 0) is 26.0 Å². The van der Waals surface area contributed by atoms with Gasteiger partial charge in [0.25, 0.3) is 0 Å². The fraction of sp³-hybridized carbons (Fsp3) is 0.400. The fourth-order valence-electron chi connectivity index (χ4n) is 0.572. The maximum absolute atomic E-state index is 9.98. The van der Waals surface area contributed by atoms with Crippen LogP contribution in [0.1, 0.15) is 27.7 Å². The molecule has 0 aliphatic heterocycles. The monoisotopic (exact) mass is 318 g/mol. The number of hydrogen-bond donors (Lipinski definition) is 0. The van der Waals surface area contributed by atoms with E-state index in [0.29, 0.717) is 0 Å². The van der Waals surface area contributed by atoms with Crippen molar-refractivity contribution in [2.75, 3.05) is 0 Å². The first-order valence-electron chi connectivity index (χ1n) is 3.97. The van der Waals surface area contributed by atoms with Crippen LogP contribution in [0.15, 0.2) is 23.7 Å². The fourth-order valence-corrected chi connectivity index (χ4v) is 0.572. The van der Waals surface area contributed by atoms with Gasteiger partial charge in [-0.2, -0.15) is 0 Å². The van der Waals surface area contributed by atoms with Crippen LogP contribution < -0.4 is 10.2 Å². The van der Waals surface area contributed by atoms with Gasteiger partial charge in [0, 0.05) is 0 Å². The van der Waals surface area contributed by atoms with Gasteiger partial charge in [-0.3, -0.25) is 9.59 Å². The average molecular weight is 317 g/mol. The smallest absolute Gasteiger partial charge is 0.876 e.